The van der Waals surface area contributed by atoms with E-state index in [9.17, 15) is 31.9 Å². The summed E-state index contributed by atoms with van der Waals surface area (Å²) in [5.41, 5.74) is 1.90. The van der Waals surface area contributed by atoms with Crippen LogP contribution in [0.4, 0.5) is 17.6 Å². The van der Waals surface area contributed by atoms with Gasteiger partial charge in [-0.2, -0.15) is 18.3 Å². The van der Waals surface area contributed by atoms with Gasteiger partial charge in [0.2, 0.25) is 11.8 Å². The molecule has 1 saturated heterocycles. The van der Waals surface area contributed by atoms with Gasteiger partial charge in [0, 0.05) is 43.4 Å². The average Bonchev–Trinajstić information content (AvgIpc) is 3.56. The van der Waals surface area contributed by atoms with Gasteiger partial charge in [-0.1, -0.05) is 17.7 Å². The highest BCUT2D eigenvalue weighted by atomic mass is 35.5. The van der Waals surface area contributed by atoms with Crippen LogP contribution in [0.2, 0.25) is 5.02 Å². The topological polar surface area (TPSA) is 107 Å². The molecule has 0 radical (unpaired) electrons. The largest absolute Gasteiger partial charge is 0.406 e. The minimum absolute atomic E-state index is 0.128. The lowest BCUT2D eigenvalue weighted by molar-refractivity contribution is -0.166. The Hall–Kier alpha value is -3.87. The maximum Gasteiger partial charge on any atom is 0.406 e. The number of piperidine rings is 1. The van der Waals surface area contributed by atoms with Gasteiger partial charge in [-0.3, -0.25) is 19.3 Å². The van der Waals surface area contributed by atoms with Crippen molar-refractivity contribution in [1.82, 2.24) is 29.5 Å². The van der Waals surface area contributed by atoms with Crippen LogP contribution in [-0.4, -0.2) is 67.2 Å². The highest BCUT2D eigenvalue weighted by Gasteiger charge is 2.38. The summed E-state index contributed by atoms with van der Waals surface area (Å²) < 4.78 is 56.4. The van der Waals surface area contributed by atoms with E-state index in [0.29, 0.717) is 64.9 Å². The summed E-state index contributed by atoms with van der Waals surface area (Å²) >= 11 is 6.39. The van der Waals surface area contributed by atoms with Gasteiger partial charge in [-0.25, -0.2) is 9.18 Å². The zero-order valence-electron chi connectivity index (χ0n) is 22.3. The molecule has 2 aromatic carbocycles. The van der Waals surface area contributed by atoms with E-state index in [1.807, 2.05) is 0 Å². The summed E-state index contributed by atoms with van der Waals surface area (Å²) in [7, 11) is 0. The van der Waals surface area contributed by atoms with Gasteiger partial charge < -0.3 is 14.8 Å². The minimum Gasteiger partial charge on any atom is -0.343 e. The van der Waals surface area contributed by atoms with Gasteiger partial charge in [0.05, 0.1) is 22.3 Å². The summed E-state index contributed by atoms with van der Waals surface area (Å²) in [6.07, 6.45) is -1.96. The maximum atomic E-state index is 14.2. The zero-order chi connectivity index (χ0) is 29.8. The number of carbonyl (C=O) groups excluding carboxylic acids is 2. The van der Waals surface area contributed by atoms with Crippen LogP contribution >= 0.6 is 11.6 Å². The molecule has 14 heteroatoms. The molecule has 0 spiro atoms. The Morgan fingerprint density at radius 1 is 1.12 bits per heavy atom. The van der Waals surface area contributed by atoms with Crippen LogP contribution in [0.25, 0.3) is 21.9 Å². The number of likely N-dealkylation sites (tertiary alicyclic amines) is 1. The number of amides is 2. The summed E-state index contributed by atoms with van der Waals surface area (Å²) in [6, 6.07) is 5.87. The Kier molecular flexibility index (Phi) is 7.24. The maximum absolute atomic E-state index is 14.2. The molecule has 0 unspecified atom stereocenters. The zero-order valence-corrected chi connectivity index (χ0v) is 23.1. The molecule has 2 N–H and O–H groups in total. The van der Waals surface area contributed by atoms with Gasteiger partial charge in [0.25, 0.3) is 0 Å². The quantitative estimate of drug-likeness (QED) is 0.328. The Morgan fingerprint density at radius 3 is 2.62 bits per heavy atom. The first-order valence-electron chi connectivity index (χ1n) is 13.7. The van der Waals surface area contributed by atoms with Crippen LogP contribution in [0.5, 0.6) is 0 Å². The van der Waals surface area contributed by atoms with Crippen LogP contribution in [0, 0.1) is 11.7 Å². The van der Waals surface area contributed by atoms with Crippen molar-refractivity contribution in [2.24, 2.45) is 5.92 Å². The molecule has 9 nitrogen and oxygen atoms in total. The molecule has 0 bridgehead atoms. The molecule has 2 aliphatic heterocycles. The van der Waals surface area contributed by atoms with E-state index >= 15 is 0 Å². The number of carbonyl (C=O) groups is 2. The first-order valence-corrected chi connectivity index (χ1v) is 14.0. The second-order valence-electron chi connectivity index (χ2n) is 11.0. The van der Waals surface area contributed by atoms with Gasteiger partial charge >= 0.3 is 11.9 Å². The summed E-state index contributed by atoms with van der Waals surface area (Å²) in [5.74, 6) is -2.53. The number of para-hydroxylation sites is 1. The summed E-state index contributed by atoms with van der Waals surface area (Å²) in [4.78, 5) is 44.3. The highest BCUT2D eigenvalue weighted by molar-refractivity contribution is 6.35. The van der Waals surface area contributed by atoms with Crippen molar-refractivity contribution in [3.63, 3.8) is 0 Å². The molecule has 1 atom stereocenters. The van der Waals surface area contributed by atoms with Crippen molar-refractivity contribution in [3.05, 3.63) is 62.9 Å². The van der Waals surface area contributed by atoms with E-state index in [4.69, 9.17) is 11.6 Å². The lowest BCUT2D eigenvalue weighted by Crippen LogP contribution is -2.45. The average molecular weight is 607 g/mol. The fraction of sp³-hybridized carbons (Fsp3) is 0.429. The lowest BCUT2D eigenvalue weighted by atomic mass is 9.88. The number of halogens is 5. The highest BCUT2D eigenvalue weighted by Crippen LogP contribution is 2.35. The van der Waals surface area contributed by atoms with Gasteiger partial charge in [-0.05, 0) is 55.0 Å². The number of alkyl halides is 3. The number of benzene rings is 2. The third kappa shape index (κ3) is 5.25. The van der Waals surface area contributed by atoms with E-state index in [-0.39, 0.29) is 36.9 Å². The standard InChI is InChI=1S/C28H27ClF4N6O3/c29-20-10-15-4-5-16(26(41)38(14-28(31,32)33)13-19(15)18-12-34-36-24(18)20)11-23(40)37-8-6-17(7-9-37)39-22-3-1-2-21(30)25(22)35-27(39)42/h1-3,10,12,16-17H,4-9,11,13-14H2,(H,34,36)(H,35,42)/t16-/m0/s1. The van der Waals surface area contributed by atoms with Crippen molar-refractivity contribution in [1.29, 1.82) is 0 Å². The number of H-pyrrole nitrogens is 2. The number of hydrogen-bond acceptors (Lipinski definition) is 4. The first kappa shape index (κ1) is 28.3. The van der Waals surface area contributed by atoms with Gasteiger partial charge in [0.1, 0.15) is 17.9 Å². The fourth-order valence-electron chi connectivity index (χ4n) is 6.30. The monoisotopic (exact) mass is 606 g/mol. The molecule has 4 heterocycles. The molecule has 0 aliphatic carbocycles. The molecule has 4 aromatic rings. The molecule has 2 amide bonds. The van der Waals surface area contributed by atoms with Crippen molar-refractivity contribution >= 4 is 45.4 Å². The molecule has 2 aliphatic rings. The molecule has 2 aromatic heterocycles. The number of aromatic nitrogens is 4. The number of nitrogens with zero attached hydrogens (tertiary/aromatic N) is 4. The van der Waals surface area contributed by atoms with Crippen LogP contribution in [0.3, 0.4) is 0 Å². The molecule has 1 fully saturated rings. The van der Waals surface area contributed by atoms with E-state index in [2.05, 4.69) is 15.2 Å². The number of fused-ring (bicyclic) bond motifs is 4. The normalized spacial score (nSPS) is 18.9. The van der Waals surface area contributed by atoms with E-state index in [1.165, 1.54) is 22.9 Å². The third-order valence-electron chi connectivity index (χ3n) is 8.34. The van der Waals surface area contributed by atoms with Crippen LogP contribution in [0.15, 0.2) is 35.3 Å². The number of imidazole rings is 1. The number of aryl methyl sites for hydroxylation is 1. The van der Waals surface area contributed by atoms with Crippen molar-refractivity contribution in [3.8, 4) is 0 Å². The number of hydrogen-bond donors (Lipinski definition) is 2. The van der Waals surface area contributed by atoms with E-state index < -0.39 is 36.1 Å². The van der Waals surface area contributed by atoms with Gasteiger partial charge in [-0.15, -0.1) is 0 Å². The third-order valence-corrected chi connectivity index (χ3v) is 8.64. The number of nitrogens with one attached hydrogen (secondary N) is 2. The lowest BCUT2D eigenvalue weighted by Gasteiger charge is -2.35. The van der Waals surface area contributed by atoms with Gasteiger partial charge in [0.15, 0.2) is 0 Å². The van der Waals surface area contributed by atoms with Crippen LogP contribution in [-0.2, 0) is 22.6 Å². The SMILES string of the molecule is O=C(C[C@@H]1CCc2cc(Cl)c3[nH]ncc3c2CN(CC(F)(F)F)C1=O)N1CCC(n2c(=O)[nH]c3c(F)cccc32)CC1. The second kappa shape index (κ2) is 10.8. The molecule has 6 rings (SSSR count). The van der Waals surface area contributed by atoms with E-state index in [0.717, 1.165) is 4.90 Å². The molecule has 222 valence electrons. The molecule has 0 saturated carbocycles. The Morgan fingerprint density at radius 2 is 1.88 bits per heavy atom. The Balaban J connectivity index is 1.19. The summed E-state index contributed by atoms with van der Waals surface area (Å²) in [5, 5.41) is 7.66. The van der Waals surface area contributed by atoms with Crippen LogP contribution in [0.1, 0.15) is 42.9 Å². The molecular formula is C28H27ClF4N6O3. The van der Waals surface area contributed by atoms with E-state index in [1.54, 1.807) is 17.0 Å². The minimum atomic E-state index is -4.63. The van der Waals surface area contributed by atoms with Crippen molar-refractivity contribution in [2.75, 3.05) is 19.6 Å². The fourth-order valence-corrected chi connectivity index (χ4v) is 6.58. The number of aromatic amines is 2. The molecular weight excluding hydrogens is 580 g/mol. The number of rotatable bonds is 4. The Labute approximate surface area is 241 Å². The summed E-state index contributed by atoms with van der Waals surface area (Å²) in [6.45, 7) is -1.13. The molecule has 42 heavy (non-hydrogen) atoms. The predicted octanol–water partition coefficient (Wildman–Crippen LogP) is 4.71. The van der Waals surface area contributed by atoms with Crippen molar-refractivity contribution < 1.29 is 27.2 Å². The van der Waals surface area contributed by atoms with Crippen LogP contribution < -0.4 is 5.69 Å². The first-order chi connectivity index (χ1) is 20.0. The smallest absolute Gasteiger partial charge is 0.343 e. The van der Waals surface area contributed by atoms with Crippen molar-refractivity contribution in [2.45, 2.75) is 50.9 Å². The second-order valence-corrected chi connectivity index (χ2v) is 11.4. The Bertz CT molecular complexity index is 1740. The predicted molar refractivity (Wildman–Crippen MR) is 146 cm³/mol.